The van der Waals surface area contributed by atoms with Crippen LogP contribution in [0.25, 0.3) is 55.2 Å². The first kappa shape index (κ1) is 101. The van der Waals surface area contributed by atoms with Crippen LogP contribution < -0.4 is 29.4 Å². The number of fused-ring (bicyclic) bond motifs is 8. The van der Waals surface area contributed by atoms with Gasteiger partial charge in [-0.3, -0.25) is 0 Å². The molecule has 0 spiro atoms. The molecule has 0 fully saturated rings. The summed E-state index contributed by atoms with van der Waals surface area (Å²) in [4.78, 5) is 23.8. The number of para-hydroxylation sites is 4. The van der Waals surface area contributed by atoms with Gasteiger partial charge in [-0.15, -0.1) is 96.1 Å². The van der Waals surface area contributed by atoms with E-state index >= 15 is 0 Å². The van der Waals surface area contributed by atoms with E-state index in [1.54, 1.807) is 0 Å². The molecule has 12 heteroatoms. The maximum Gasteiger partial charge on any atom is 0.135 e. The molecule has 0 amide bonds. The fourth-order valence-corrected chi connectivity index (χ4v) is 20.1. The summed E-state index contributed by atoms with van der Waals surface area (Å²) < 4.78 is 4.62. The Balaban J connectivity index is 0.000000193. The van der Waals surface area contributed by atoms with E-state index in [-0.39, 0.29) is 90.9 Å². The molecule has 0 unspecified atom stereocenters. The summed E-state index contributed by atoms with van der Waals surface area (Å²) in [5.74, 6) is 1.73. The molecule has 0 saturated carbocycles. The Kier molecular flexibility index (Phi) is 27.0. The zero-order valence-corrected chi connectivity index (χ0v) is 91.6. The van der Waals surface area contributed by atoms with E-state index in [9.17, 15) is 0 Å². The minimum Gasteiger partial charge on any atom is -0.493 e. The second-order valence-corrected chi connectivity index (χ2v) is 45.8. The molecule has 0 aliphatic carbocycles. The van der Waals surface area contributed by atoms with Gasteiger partial charge in [0, 0.05) is 135 Å². The predicted octanol–water partition coefficient (Wildman–Crippen LogP) is 33.7. The molecule has 0 N–H and O–H groups in total. The Hall–Kier alpha value is -12.8. The van der Waals surface area contributed by atoms with Gasteiger partial charge in [0.2, 0.25) is 0 Å². The Morgan fingerprint density at radius 2 is 0.514 bits per heavy atom. The molecule has 6 heterocycles. The van der Waals surface area contributed by atoms with Crippen LogP contribution >= 0.6 is 0 Å². The fourth-order valence-electron chi connectivity index (χ4n) is 20.1. The molecular formula is C130H132N10Pt2-6. The van der Waals surface area contributed by atoms with Crippen LogP contribution in [0.5, 0.6) is 0 Å². The average Bonchev–Trinajstić information content (AvgIpc) is 1.63. The topological polar surface area (TPSA) is 55.1 Å². The molecule has 18 aromatic rings. The van der Waals surface area contributed by atoms with Crippen LogP contribution in [0.1, 0.15) is 232 Å². The number of nitrogens with zero attached hydrogens (tertiary/aromatic N) is 10. The summed E-state index contributed by atoms with van der Waals surface area (Å²) in [7, 11) is 4.23. The van der Waals surface area contributed by atoms with E-state index < -0.39 is 0 Å². The maximum atomic E-state index is 5.13. The molecule has 0 saturated heterocycles. The third-order valence-corrected chi connectivity index (χ3v) is 29.7. The van der Waals surface area contributed by atoms with Crippen molar-refractivity contribution < 1.29 is 42.1 Å². The molecule has 0 bridgehead atoms. The van der Waals surface area contributed by atoms with Gasteiger partial charge in [0.25, 0.3) is 0 Å². The number of rotatable bonds is 18. The standard InChI is InChI=1S/C67H70N5.C63H62N5.2Pt/c1-63(2,3)45-27-29-47(30-28-45)67(12,13)49-35-36-68-62(41-49)72-58-34-31-48(66(10,11)46-21-16-15-17-22-46)40-57(58)56-33-32-53(43-61(56)72)69(14)52-23-20-24-54(42-52)70-44-71(60-26-19-18-25-59(60)70)55-38-50(64(4,5)6)37-51(39-55)65(7,8)9;1-60(2,3)47-35-48(61(4,5)6)37-52(36-47)67-42-66(56-27-18-19-28-57(56)67)51-26-20-25-49(40-51)65(11)50-30-31-53-54-38-45(62(7,8)43-21-14-12-15-22-43)29-32-55(54)68(58(53)41-50)59-39-46(33-34-64-59)63(9,10)44-23-16-13-17-24-44;;/h15-41,44H,1-14H3;12-39,42H,1-11H3;;/q2*-3;;. The Labute approximate surface area is 873 Å². The van der Waals surface area contributed by atoms with Gasteiger partial charge in [-0.05, 0) is 195 Å². The van der Waals surface area contributed by atoms with Crippen LogP contribution in [0.4, 0.5) is 68.2 Å². The number of hydrogen-bond acceptors (Lipinski definition) is 8. The number of anilines is 12. The van der Waals surface area contributed by atoms with Gasteiger partial charge >= 0.3 is 0 Å². The summed E-state index contributed by atoms with van der Waals surface area (Å²) in [5.41, 5.74) is 32.3. The maximum absolute atomic E-state index is 5.13. The minimum absolute atomic E-state index is 0. The largest absolute Gasteiger partial charge is 0.493 e. The van der Waals surface area contributed by atoms with Crippen LogP contribution in [0.2, 0.25) is 0 Å². The SMILES string of the molecule is CN(c1[c-]c(N2[CH-]N(c3cc(C(C)(C)C)cc(C(C)(C)C)c3)c3ccccc32)ccc1)c1[c-]c2c(cc1)c1cc(C(C)(C)c3ccccc3)ccc1n2-c1cc(C(C)(C)c2ccc(C(C)(C)C)cc2)ccn1.CN(c1[c-]c(N2[CH-]N(c3cc(C(C)(C)C)cc(C(C)(C)C)c3)c3ccccc32)ccc1)c1[c-]c2c(cc1)c1cc(C(C)(C)c3ccccc3)ccc1n2-c1cc(C(C)(C)c2ccccc2)ccn1.[Pt].[Pt]. The summed E-state index contributed by atoms with van der Waals surface area (Å²) in [6, 6.07) is 133. The van der Waals surface area contributed by atoms with Crippen molar-refractivity contribution >= 4 is 112 Å². The molecule has 14 aromatic carbocycles. The van der Waals surface area contributed by atoms with E-state index in [1.807, 2.05) is 12.4 Å². The van der Waals surface area contributed by atoms with Crippen LogP contribution in [0.15, 0.2) is 334 Å². The van der Waals surface area contributed by atoms with E-state index in [0.717, 1.165) is 113 Å². The van der Waals surface area contributed by atoms with Crippen molar-refractivity contribution in [3.8, 4) is 11.6 Å². The predicted molar refractivity (Wildman–Crippen MR) is 592 cm³/mol. The molecule has 728 valence electrons. The van der Waals surface area contributed by atoms with E-state index in [1.165, 1.54) is 83.1 Å². The normalized spacial score (nSPS) is 13.3. The van der Waals surface area contributed by atoms with Gasteiger partial charge in [-0.1, -0.05) is 369 Å². The minimum atomic E-state index is -0.272. The van der Waals surface area contributed by atoms with Crippen molar-refractivity contribution in [3.05, 3.63) is 444 Å². The zero-order valence-electron chi connectivity index (χ0n) is 87.0. The smallest absolute Gasteiger partial charge is 0.135 e. The molecule has 142 heavy (non-hydrogen) atoms. The quantitative estimate of drug-likeness (QED) is 0.0788. The summed E-state index contributed by atoms with van der Waals surface area (Å²) in [6.07, 6.45) is 3.92. The Morgan fingerprint density at radius 1 is 0.232 bits per heavy atom. The van der Waals surface area contributed by atoms with Gasteiger partial charge in [-0.2, -0.15) is 24.3 Å². The summed E-state index contributed by atoms with van der Waals surface area (Å²) in [5, 5.41) is 4.60. The van der Waals surface area contributed by atoms with Crippen molar-refractivity contribution in [2.75, 3.05) is 43.5 Å². The second-order valence-electron chi connectivity index (χ2n) is 45.8. The molecule has 20 rings (SSSR count). The molecule has 0 radical (unpaired) electrons. The number of pyridine rings is 2. The Morgan fingerprint density at radius 3 is 0.838 bits per heavy atom. The summed E-state index contributed by atoms with van der Waals surface area (Å²) >= 11 is 0. The van der Waals surface area contributed by atoms with Crippen LogP contribution in [-0.2, 0) is 90.9 Å². The van der Waals surface area contributed by atoms with E-state index in [2.05, 4.69) is 571 Å². The average molecular weight is 2220 g/mol. The monoisotopic (exact) mass is 2220 g/mol. The molecule has 10 nitrogen and oxygen atoms in total. The van der Waals surface area contributed by atoms with Crippen LogP contribution in [0.3, 0.4) is 0 Å². The zero-order chi connectivity index (χ0) is 98.9. The summed E-state index contributed by atoms with van der Waals surface area (Å²) in [6.45, 7) is 57.3. The number of benzene rings is 14. The van der Waals surface area contributed by atoms with E-state index in [4.69, 9.17) is 9.97 Å². The van der Waals surface area contributed by atoms with Crippen LogP contribution in [0, 0.1) is 37.6 Å². The fraction of sp³-hybridized carbons (Fsp3) is 0.262. The Bertz CT molecular complexity index is 7630. The third kappa shape index (κ3) is 19.1. The van der Waals surface area contributed by atoms with Gasteiger partial charge in [-0.25, -0.2) is 9.97 Å². The van der Waals surface area contributed by atoms with Gasteiger partial charge in [0.15, 0.2) is 0 Å². The van der Waals surface area contributed by atoms with Gasteiger partial charge in [0.1, 0.15) is 11.6 Å². The molecule has 2 aliphatic rings. The van der Waals surface area contributed by atoms with Gasteiger partial charge in [0.05, 0.1) is 0 Å². The first-order valence-corrected chi connectivity index (χ1v) is 49.5. The molecular weight excluding hydrogens is 2090 g/mol. The van der Waals surface area contributed by atoms with Crippen LogP contribution in [-0.4, -0.2) is 33.2 Å². The van der Waals surface area contributed by atoms with Crippen molar-refractivity contribution in [2.24, 2.45) is 0 Å². The van der Waals surface area contributed by atoms with Crippen molar-refractivity contribution in [3.63, 3.8) is 0 Å². The van der Waals surface area contributed by atoms with E-state index in [0.29, 0.717) is 0 Å². The first-order chi connectivity index (χ1) is 66.4. The third-order valence-electron chi connectivity index (χ3n) is 29.7. The van der Waals surface area contributed by atoms with Crippen molar-refractivity contribution in [2.45, 2.75) is 208 Å². The molecule has 0 atom stereocenters. The second kappa shape index (κ2) is 38.1. The number of hydrogen-bond donors (Lipinski definition) is 0. The molecule has 2 aliphatic heterocycles. The number of aromatic nitrogens is 4. The van der Waals surface area contributed by atoms with Gasteiger partial charge < -0.3 is 38.5 Å². The molecule has 4 aromatic heterocycles. The first-order valence-electron chi connectivity index (χ1n) is 49.5. The van der Waals surface area contributed by atoms with Crippen molar-refractivity contribution in [1.82, 2.24) is 19.1 Å². The van der Waals surface area contributed by atoms with Crippen molar-refractivity contribution in [1.29, 1.82) is 0 Å².